The standard InChI is InChI=1S/C17H24N2O/c1-4-5-10-20-17-16-9-7-6-8-15(16)14(12-19-17)11-18-13(2)3/h6-9,12-13,18H,4-5,10-11H2,1-3H3. The van der Waals surface area contributed by atoms with Crippen molar-refractivity contribution in [2.75, 3.05) is 6.61 Å². The third kappa shape index (κ3) is 3.70. The molecule has 108 valence electrons. The summed E-state index contributed by atoms with van der Waals surface area (Å²) in [6.07, 6.45) is 4.12. The van der Waals surface area contributed by atoms with E-state index < -0.39 is 0 Å². The normalized spacial score (nSPS) is 11.2. The van der Waals surface area contributed by atoms with Crippen LogP contribution in [-0.4, -0.2) is 17.6 Å². The van der Waals surface area contributed by atoms with Gasteiger partial charge in [0.05, 0.1) is 6.61 Å². The highest BCUT2D eigenvalue weighted by molar-refractivity contribution is 5.89. The fraction of sp³-hybridized carbons (Fsp3) is 0.471. The Morgan fingerprint density at radius 1 is 1.20 bits per heavy atom. The number of ether oxygens (including phenoxy) is 1. The van der Waals surface area contributed by atoms with E-state index in [-0.39, 0.29) is 0 Å². The molecule has 0 spiro atoms. The third-order valence-electron chi connectivity index (χ3n) is 3.28. The largest absolute Gasteiger partial charge is 0.477 e. The maximum atomic E-state index is 5.81. The smallest absolute Gasteiger partial charge is 0.221 e. The molecular weight excluding hydrogens is 248 g/mol. The number of benzene rings is 1. The number of rotatable bonds is 7. The maximum absolute atomic E-state index is 5.81. The van der Waals surface area contributed by atoms with E-state index in [4.69, 9.17) is 4.74 Å². The van der Waals surface area contributed by atoms with E-state index >= 15 is 0 Å². The summed E-state index contributed by atoms with van der Waals surface area (Å²) in [7, 11) is 0. The minimum absolute atomic E-state index is 0.467. The Morgan fingerprint density at radius 2 is 1.95 bits per heavy atom. The van der Waals surface area contributed by atoms with Crippen LogP contribution in [0.4, 0.5) is 0 Å². The lowest BCUT2D eigenvalue weighted by atomic mass is 10.1. The topological polar surface area (TPSA) is 34.1 Å². The van der Waals surface area contributed by atoms with Gasteiger partial charge in [-0.05, 0) is 23.4 Å². The molecule has 1 N–H and O–H groups in total. The van der Waals surface area contributed by atoms with Gasteiger partial charge in [0.1, 0.15) is 0 Å². The Bertz CT molecular complexity index is 552. The van der Waals surface area contributed by atoms with Crippen LogP contribution in [0.3, 0.4) is 0 Å². The highest BCUT2D eigenvalue weighted by Crippen LogP contribution is 2.26. The van der Waals surface area contributed by atoms with Gasteiger partial charge in [0, 0.05) is 24.2 Å². The Labute approximate surface area is 121 Å². The molecule has 0 aliphatic rings. The van der Waals surface area contributed by atoms with Crippen LogP contribution in [0.1, 0.15) is 39.2 Å². The zero-order chi connectivity index (χ0) is 14.4. The van der Waals surface area contributed by atoms with Crippen LogP contribution in [0, 0.1) is 0 Å². The van der Waals surface area contributed by atoms with E-state index in [1.807, 2.05) is 12.3 Å². The number of unbranched alkanes of at least 4 members (excludes halogenated alkanes) is 1. The predicted molar refractivity (Wildman–Crippen MR) is 84.1 cm³/mol. The van der Waals surface area contributed by atoms with Crippen LogP contribution in [0.2, 0.25) is 0 Å². The average molecular weight is 272 g/mol. The molecule has 0 saturated heterocycles. The first-order valence-corrected chi connectivity index (χ1v) is 7.45. The van der Waals surface area contributed by atoms with Crippen LogP contribution >= 0.6 is 0 Å². The van der Waals surface area contributed by atoms with Crippen LogP contribution in [0.25, 0.3) is 10.8 Å². The van der Waals surface area contributed by atoms with E-state index in [1.165, 1.54) is 10.9 Å². The van der Waals surface area contributed by atoms with Crippen molar-refractivity contribution in [3.63, 3.8) is 0 Å². The number of nitrogens with one attached hydrogen (secondary N) is 1. The SMILES string of the molecule is CCCCOc1ncc(CNC(C)C)c2ccccc12. The second kappa shape index (κ2) is 7.25. The molecular formula is C17H24N2O. The number of aromatic nitrogens is 1. The van der Waals surface area contributed by atoms with E-state index in [0.717, 1.165) is 37.3 Å². The lowest BCUT2D eigenvalue weighted by Gasteiger charge is -2.13. The Kier molecular flexibility index (Phi) is 5.36. The van der Waals surface area contributed by atoms with Gasteiger partial charge in [0.2, 0.25) is 5.88 Å². The quantitative estimate of drug-likeness (QED) is 0.776. The number of fused-ring (bicyclic) bond motifs is 1. The van der Waals surface area contributed by atoms with Crippen molar-refractivity contribution in [1.29, 1.82) is 0 Å². The molecule has 1 heterocycles. The zero-order valence-corrected chi connectivity index (χ0v) is 12.6. The van der Waals surface area contributed by atoms with E-state index in [1.54, 1.807) is 0 Å². The van der Waals surface area contributed by atoms with Crippen LogP contribution in [-0.2, 0) is 6.54 Å². The van der Waals surface area contributed by atoms with Crippen LogP contribution < -0.4 is 10.1 Å². The van der Waals surface area contributed by atoms with E-state index in [9.17, 15) is 0 Å². The first-order valence-electron chi connectivity index (χ1n) is 7.45. The molecule has 0 aliphatic carbocycles. The highest BCUT2D eigenvalue weighted by Gasteiger charge is 2.08. The second-order valence-electron chi connectivity index (χ2n) is 5.37. The van der Waals surface area contributed by atoms with Crippen molar-refractivity contribution < 1.29 is 4.74 Å². The van der Waals surface area contributed by atoms with Gasteiger partial charge in [-0.2, -0.15) is 0 Å². The van der Waals surface area contributed by atoms with E-state index in [0.29, 0.717) is 6.04 Å². The van der Waals surface area contributed by atoms with Crippen molar-refractivity contribution in [3.05, 3.63) is 36.0 Å². The Hall–Kier alpha value is -1.61. The average Bonchev–Trinajstić information content (AvgIpc) is 2.46. The van der Waals surface area contributed by atoms with Crippen molar-refractivity contribution in [2.45, 2.75) is 46.2 Å². The summed E-state index contributed by atoms with van der Waals surface area (Å²) in [5, 5.41) is 5.77. The highest BCUT2D eigenvalue weighted by atomic mass is 16.5. The van der Waals surface area contributed by atoms with Gasteiger partial charge in [-0.25, -0.2) is 4.98 Å². The lowest BCUT2D eigenvalue weighted by Crippen LogP contribution is -2.22. The summed E-state index contributed by atoms with van der Waals surface area (Å²) in [4.78, 5) is 4.49. The van der Waals surface area contributed by atoms with Crippen molar-refractivity contribution in [1.82, 2.24) is 10.3 Å². The van der Waals surface area contributed by atoms with Gasteiger partial charge in [0.15, 0.2) is 0 Å². The molecule has 0 saturated carbocycles. The molecule has 1 aromatic heterocycles. The molecule has 0 radical (unpaired) electrons. The summed E-state index contributed by atoms with van der Waals surface area (Å²) >= 11 is 0. The van der Waals surface area contributed by atoms with Gasteiger partial charge in [-0.3, -0.25) is 0 Å². The third-order valence-corrected chi connectivity index (χ3v) is 3.28. The van der Waals surface area contributed by atoms with Crippen molar-refractivity contribution >= 4 is 10.8 Å². The fourth-order valence-corrected chi connectivity index (χ4v) is 2.11. The Morgan fingerprint density at radius 3 is 2.65 bits per heavy atom. The second-order valence-corrected chi connectivity index (χ2v) is 5.37. The maximum Gasteiger partial charge on any atom is 0.221 e. The molecule has 3 nitrogen and oxygen atoms in total. The summed E-state index contributed by atoms with van der Waals surface area (Å²) < 4.78 is 5.81. The first-order chi connectivity index (χ1) is 9.72. The number of pyridine rings is 1. The molecule has 2 rings (SSSR count). The monoisotopic (exact) mass is 272 g/mol. The van der Waals surface area contributed by atoms with Gasteiger partial charge in [-0.1, -0.05) is 45.4 Å². The molecule has 2 aromatic rings. The minimum Gasteiger partial charge on any atom is -0.477 e. The predicted octanol–water partition coefficient (Wildman–Crippen LogP) is 3.91. The molecule has 20 heavy (non-hydrogen) atoms. The number of hydrogen-bond acceptors (Lipinski definition) is 3. The van der Waals surface area contributed by atoms with Gasteiger partial charge < -0.3 is 10.1 Å². The van der Waals surface area contributed by atoms with E-state index in [2.05, 4.69) is 49.3 Å². The van der Waals surface area contributed by atoms with Gasteiger partial charge in [-0.15, -0.1) is 0 Å². The van der Waals surface area contributed by atoms with Crippen molar-refractivity contribution in [2.24, 2.45) is 0 Å². The molecule has 0 fully saturated rings. The molecule has 3 heteroatoms. The van der Waals surface area contributed by atoms with Crippen molar-refractivity contribution in [3.8, 4) is 5.88 Å². The zero-order valence-electron chi connectivity index (χ0n) is 12.6. The lowest BCUT2D eigenvalue weighted by molar-refractivity contribution is 0.301. The molecule has 0 amide bonds. The molecule has 0 bridgehead atoms. The minimum atomic E-state index is 0.467. The summed E-state index contributed by atoms with van der Waals surface area (Å²) in [6.45, 7) is 8.03. The first kappa shape index (κ1) is 14.8. The number of nitrogens with zero attached hydrogens (tertiary/aromatic N) is 1. The molecule has 0 unspecified atom stereocenters. The molecule has 0 atom stereocenters. The molecule has 0 aliphatic heterocycles. The molecule has 1 aromatic carbocycles. The summed E-state index contributed by atoms with van der Waals surface area (Å²) in [5.74, 6) is 0.752. The Balaban J connectivity index is 2.26. The van der Waals surface area contributed by atoms with Gasteiger partial charge >= 0.3 is 0 Å². The summed E-state index contributed by atoms with van der Waals surface area (Å²) in [5.41, 5.74) is 1.22. The van der Waals surface area contributed by atoms with Gasteiger partial charge in [0.25, 0.3) is 0 Å². The summed E-state index contributed by atoms with van der Waals surface area (Å²) in [6, 6.07) is 8.80. The van der Waals surface area contributed by atoms with Crippen LogP contribution in [0.15, 0.2) is 30.5 Å². The fourth-order valence-electron chi connectivity index (χ4n) is 2.11. The number of hydrogen-bond donors (Lipinski definition) is 1. The van der Waals surface area contributed by atoms with Crippen LogP contribution in [0.5, 0.6) is 5.88 Å².